The largest absolute Gasteiger partial charge is 0.480 e. The van der Waals surface area contributed by atoms with Crippen LogP contribution in [0.25, 0.3) is 0 Å². The van der Waals surface area contributed by atoms with Crippen LogP contribution in [0.2, 0.25) is 0 Å². The molecule has 0 aromatic heterocycles. The first kappa shape index (κ1) is 13.4. The average molecular weight is 250 g/mol. The Kier molecular flexibility index (Phi) is 4.28. The molecule has 6 nitrogen and oxygen atoms in total. The van der Waals surface area contributed by atoms with Gasteiger partial charge in [0.25, 0.3) is 10.2 Å². The third-order valence-corrected chi connectivity index (χ3v) is 4.57. The van der Waals surface area contributed by atoms with Crippen molar-refractivity contribution in [2.24, 2.45) is 5.92 Å². The molecule has 0 bridgehead atoms. The normalized spacial score (nSPS) is 17.0. The lowest BCUT2D eigenvalue weighted by Gasteiger charge is -2.25. The highest BCUT2D eigenvalue weighted by atomic mass is 32.2. The third-order valence-electron chi connectivity index (χ3n) is 2.59. The summed E-state index contributed by atoms with van der Waals surface area (Å²) in [6, 6.07) is 0. The van der Waals surface area contributed by atoms with Crippen molar-refractivity contribution < 1.29 is 18.3 Å². The lowest BCUT2D eigenvalue weighted by atomic mass is 10.4. The lowest BCUT2D eigenvalue weighted by Crippen LogP contribution is -2.44. The molecule has 0 heterocycles. The molecular formula is C9H18N2O4S. The molecule has 7 heteroatoms. The molecule has 0 aromatic rings. The Morgan fingerprint density at radius 3 is 2.38 bits per heavy atom. The van der Waals surface area contributed by atoms with E-state index in [1.165, 1.54) is 11.4 Å². The van der Waals surface area contributed by atoms with Crippen molar-refractivity contribution in [1.82, 2.24) is 8.61 Å². The molecule has 0 unspecified atom stereocenters. The number of carbonyl (C=O) groups is 1. The minimum Gasteiger partial charge on any atom is -0.480 e. The predicted octanol–water partition coefficient (Wildman–Crippen LogP) is -0.0205. The van der Waals surface area contributed by atoms with E-state index in [1.54, 1.807) is 6.92 Å². The third kappa shape index (κ3) is 3.43. The molecule has 0 spiro atoms. The van der Waals surface area contributed by atoms with E-state index in [2.05, 4.69) is 0 Å². The van der Waals surface area contributed by atoms with E-state index in [9.17, 15) is 13.2 Å². The molecule has 16 heavy (non-hydrogen) atoms. The Morgan fingerprint density at radius 2 is 2.00 bits per heavy atom. The van der Waals surface area contributed by atoms with Gasteiger partial charge in [0.1, 0.15) is 6.54 Å². The van der Waals surface area contributed by atoms with E-state index in [0.29, 0.717) is 19.0 Å². The molecule has 1 rings (SSSR count). The first-order valence-electron chi connectivity index (χ1n) is 5.31. The molecule has 0 saturated heterocycles. The summed E-state index contributed by atoms with van der Waals surface area (Å²) in [5.74, 6) is -0.693. The van der Waals surface area contributed by atoms with Crippen LogP contribution < -0.4 is 0 Å². The number of nitrogens with zero attached hydrogens (tertiary/aromatic N) is 2. The molecule has 0 amide bonds. The average Bonchev–Trinajstić information content (AvgIpc) is 2.96. The Bertz CT molecular complexity index is 351. The van der Waals surface area contributed by atoms with E-state index >= 15 is 0 Å². The number of aliphatic carboxylic acids is 1. The monoisotopic (exact) mass is 250 g/mol. The lowest BCUT2D eigenvalue weighted by molar-refractivity contribution is -0.137. The second kappa shape index (κ2) is 5.11. The van der Waals surface area contributed by atoms with Crippen molar-refractivity contribution >= 4 is 16.2 Å². The van der Waals surface area contributed by atoms with E-state index in [-0.39, 0.29) is 0 Å². The van der Waals surface area contributed by atoms with Crippen LogP contribution in [0, 0.1) is 5.92 Å². The van der Waals surface area contributed by atoms with Gasteiger partial charge in [-0.3, -0.25) is 4.79 Å². The Hall–Kier alpha value is -0.660. The first-order valence-corrected chi connectivity index (χ1v) is 6.70. The topological polar surface area (TPSA) is 77.9 Å². The van der Waals surface area contributed by atoms with Gasteiger partial charge in [0, 0.05) is 20.1 Å². The maximum absolute atomic E-state index is 11.9. The van der Waals surface area contributed by atoms with Crippen molar-refractivity contribution in [3.63, 3.8) is 0 Å². The Balaban J connectivity index is 2.67. The van der Waals surface area contributed by atoms with E-state index in [1.807, 2.05) is 0 Å². The van der Waals surface area contributed by atoms with Gasteiger partial charge in [-0.2, -0.15) is 17.0 Å². The van der Waals surface area contributed by atoms with Gasteiger partial charge in [-0.05, 0) is 18.8 Å². The second-order valence-corrected chi connectivity index (χ2v) is 6.09. The molecule has 0 aromatic carbocycles. The summed E-state index contributed by atoms with van der Waals surface area (Å²) in [5, 5.41) is 8.57. The van der Waals surface area contributed by atoms with Gasteiger partial charge in [0.05, 0.1) is 0 Å². The van der Waals surface area contributed by atoms with Crippen LogP contribution in [-0.4, -0.2) is 54.8 Å². The summed E-state index contributed by atoms with van der Waals surface area (Å²) in [6.45, 7) is 2.14. The van der Waals surface area contributed by atoms with Gasteiger partial charge in [-0.1, -0.05) is 6.92 Å². The highest BCUT2D eigenvalue weighted by Gasteiger charge is 2.32. The van der Waals surface area contributed by atoms with Gasteiger partial charge < -0.3 is 5.11 Å². The molecule has 1 N–H and O–H groups in total. The Morgan fingerprint density at radius 1 is 1.44 bits per heavy atom. The summed E-state index contributed by atoms with van der Waals surface area (Å²) in [7, 11) is -2.32. The van der Waals surface area contributed by atoms with E-state index in [0.717, 1.165) is 17.1 Å². The van der Waals surface area contributed by atoms with Crippen LogP contribution in [0.3, 0.4) is 0 Å². The van der Waals surface area contributed by atoms with Gasteiger partial charge >= 0.3 is 5.97 Å². The number of hydrogen-bond donors (Lipinski definition) is 1. The second-order valence-electron chi connectivity index (χ2n) is 4.05. The summed E-state index contributed by atoms with van der Waals surface area (Å²) < 4.78 is 26.1. The van der Waals surface area contributed by atoms with Crippen molar-refractivity contribution in [3.8, 4) is 0 Å². The number of carboxylic acid groups (broad SMARTS) is 1. The highest BCUT2D eigenvalue weighted by Crippen LogP contribution is 2.30. The molecule has 1 saturated carbocycles. The minimum atomic E-state index is -3.62. The smallest absolute Gasteiger partial charge is 0.318 e. The van der Waals surface area contributed by atoms with E-state index < -0.39 is 22.7 Å². The molecular weight excluding hydrogens is 232 g/mol. The van der Waals surface area contributed by atoms with Crippen molar-refractivity contribution in [1.29, 1.82) is 0 Å². The van der Waals surface area contributed by atoms with E-state index in [4.69, 9.17) is 5.11 Å². The number of carboxylic acids is 1. The van der Waals surface area contributed by atoms with Crippen LogP contribution in [0.1, 0.15) is 19.8 Å². The molecule has 1 fully saturated rings. The van der Waals surface area contributed by atoms with Crippen LogP contribution in [0.5, 0.6) is 0 Å². The van der Waals surface area contributed by atoms with Crippen LogP contribution in [-0.2, 0) is 15.0 Å². The zero-order valence-corrected chi connectivity index (χ0v) is 10.4. The van der Waals surface area contributed by atoms with Crippen molar-refractivity contribution in [2.45, 2.75) is 19.8 Å². The zero-order valence-electron chi connectivity index (χ0n) is 9.59. The Labute approximate surface area is 96.0 Å². The maximum Gasteiger partial charge on any atom is 0.318 e. The van der Waals surface area contributed by atoms with Crippen LogP contribution >= 0.6 is 0 Å². The van der Waals surface area contributed by atoms with Crippen LogP contribution in [0.4, 0.5) is 0 Å². The maximum atomic E-state index is 11.9. The number of likely N-dealkylation sites (N-methyl/N-ethyl adjacent to an activating group) is 1. The van der Waals surface area contributed by atoms with Gasteiger partial charge in [-0.15, -0.1) is 0 Å². The van der Waals surface area contributed by atoms with Crippen molar-refractivity contribution in [2.75, 3.05) is 26.7 Å². The minimum absolute atomic E-state index is 0.378. The highest BCUT2D eigenvalue weighted by molar-refractivity contribution is 7.86. The molecule has 94 valence electrons. The van der Waals surface area contributed by atoms with Gasteiger partial charge in [0.15, 0.2) is 0 Å². The molecule has 0 aliphatic heterocycles. The summed E-state index contributed by atoms with van der Waals surface area (Å²) in [5.41, 5.74) is 0. The molecule has 0 atom stereocenters. The summed E-state index contributed by atoms with van der Waals surface area (Å²) >= 11 is 0. The van der Waals surface area contributed by atoms with Crippen LogP contribution in [0.15, 0.2) is 0 Å². The summed E-state index contributed by atoms with van der Waals surface area (Å²) in [6.07, 6.45) is 2.13. The van der Waals surface area contributed by atoms with Crippen molar-refractivity contribution in [3.05, 3.63) is 0 Å². The zero-order chi connectivity index (χ0) is 12.3. The van der Waals surface area contributed by atoms with Gasteiger partial charge in [0.2, 0.25) is 0 Å². The summed E-state index contributed by atoms with van der Waals surface area (Å²) in [4.78, 5) is 10.5. The SMILES string of the molecule is CCN(CC1CC1)S(=O)(=O)N(C)CC(=O)O. The standard InChI is InChI=1S/C9H18N2O4S/c1-3-11(6-8-4-5-8)16(14,15)10(2)7-9(12)13/h8H,3-7H2,1-2H3,(H,12,13). The predicted molar refractivity (Wildman–Crippen MR) is 59.2 cm³/mol. The van der Waals surface area contributed by atoms with Gasteiger partial charge in [-0.25, -0.2) is 0 Å². The molecule has 1 aliphatic carbocycles. The number of rotatable bonds is 7. The fraction of sp³-hybridized carbons (Fsp3) is 0.889. The molecule has 1 aliphatic rings. The fourth-order valence-electron chi connectivity index (χ4n) is 1.44. The quantitative estimate of drug-likeness (QED) is 0.689. The molecule has 0 radical (unpaired) electrons. The first-order chi connectivity index (χ1) is 7.37. The number of hydrogen-bond acceptors (Lipinski definition) is 3. The fourth-order valence-corrected chi connectivity index (χ4v) is 2.84.